The van der Waals surface area contributed by atoms with Gasteiger partial charge in [-0.1, -0.05) is 218 Å². The molecule has 12 aromatic carbocycles. The lowest BCUT2D eigenvalue weighted by Crippen LogP contribution is -2.32. The highest BCUT2D eigenvalue weighted by molar-refractivity contribution is 6.02. The van der Waals surface area contributed by atoms with E-state index in [0.29, 0.717) is 0 Å². The van der Waals surface area contributed by atoms with E-state index in [-0.39, 0.29) is 0 Å². The minimum atomic E-state index is -0.636. The minimum Gasteiger partial charge on any atom is -0.457 e. The zero-order valence-electron chi connectivity index (χ0n) is 40.7. The van der Waals surface area contributed by atoms with Gasteiger partial charge in [-0.25, -0.2) is 0 Å². The Balaban J connectivity index is 0.979. The molecule has 0 saturated carbocycles. The number of anilines is 3. The molecule has 0 amide bonds. The molecular formula is C72H45NO2. The van der Waals surface area contributed by atoms with Gasteiger partial charge < -0.3 is 14.4 Å². The number of ether oxygens (including phenoxy) is 2. The average Bonchev–Trinajstić information content (AvgIpc) is 4.02. The summed E-state index contributed by atoms with van der Waals surface area (Å²) in [6, 6.07) is 100. The van der Waals surface area contributed by atoms with Gasteiger partial charge in [-0.15, -0.1) is 0 Å². The van der Waals surface area contributed by atoms with Gasteiger partial charge in [0.1, 0.15) is 23.0 Å². The molecule has 1 atom stereocenters. The topological polar surface area (TPSA) is 21.7 Å². The number of para-hydroxylation sites is 4. The Kier molecular flexibility index (Phi) is 8.88. The van der Waals surface area contributed by atoms with Crippen LogP contribution in [-0.2, 0) is 10.8 Å². The molecule has 0 N–H and O–H groups in total. The van der Waals surface area contributed by atoms with Gasteiger partial charge >= 0.3 is 0 Å². The molecule has 3 nitrogen and oxygen atoms in total. The fourth-order valence-corrected chi connectivity index (χ4v) is 13.6. The van der Waals surface area contributed by atoms with E-state index < -0.39 is 10.8 Å². The molecule has 4 aliphatic rings. The Labute approximate surface area is 435 Å². The zero-order valence-corrected chi connectivity index (χ0v) is 40.7. The summed E-state index contributed by atoms with van der Waals surface area (Å²) in [5.74, 6) is 3.52. The number of hydrogen-bond acceptors (Lipinski definition) is 3. The summed E-state index contributed by atoms with van der Waals surface area (Å²) >= 11 is 0. The Morgan fingerprint density at radius 3 is 1.41 bits per heavy atom. The summed E-state index contributed by atoms with van der Waals surface area (Å²) in [5.41, 5.74) is 21.0. The van der Waals surface area contributed by atoms with Crippen molar-refractivity contribution >= 4 is 27.8 Å². The lowest BCUT2D eigenvalue weighted by Gasteiger charge is -2.40. The van der Waals surface area contributed by atoms with Crippen LogP contribution in [0, 0.1) is 0 Å². The van der Waals surface area contributed by atoms with E-state index in [1.54, 1.807) is 0 Å². The van der Waals surface area contributed by atoms with Crippen molar-refractivity contribution in [2.24, 2.45) is 0 Å². The standard InChI is InChI=1S/C72H45NO2/c1-2-19-46(20-3-1)47-37-39-48(40-38-47)52-23-8-14-32-64(52)73(65-33-18-31-62-70(65)54-25-7-10-27-57(54)72(62)60-29-12-15-34-66(60)74-67-35-16-13-30-61(67)72)51-41-42-58-55(45-51)53-24-6-9-26-56(53)71(58)59-28-11-17-36-68(59)75-69-44-50-22-5-4-21-49(50)43-63(69)71/h1-45H. The second-order valence-corrected chi connectivity index (χ2v) is 20.2. The van der Waals surface area contributed by atoms with Gasteiger partial charge in [0.05, 0.1) is 22.2 Å². The summed E-state index contributed by atoms with van der Waals surface area (Å²) in [6.45, 7) is 0. The zero-order chi connectivity index (χ0) is 49.2. The van der Waals surface area contributed by atoms with Gasteiger partial charge in [0.25, 0.3) is 0 Å². The molecule has 0 saturated heterocycles. The van der Waals surface area contributed by atoms with Crippen molar-refractivity contribution in [1.29, 1.82) is 0 Å². The van der Waals surface area contributed by atoms with Gasteiger partial charge in [-0.05, 0) is 121 Å². The van der Waals surface area contributed by atoms with Crippen LogP contribution in [-0.4, -0.2) is 0 Å². The van der Waals surface area contributed by atoms with E-state index in [4.69, 9.17) is 9.47 Å². The third-order valence-electron chi connectivity index (χ3n) is 16.6. The molecule has 16 rings (SSSR count). The normalized spacial score (nSPS) is 15.3. The van der Waals surface area contributed by atoms with Crippen molar-refractivity contribution in [2.75, 3.05) is 4.90 Å². The first-order valence-electron chi connectivity index (χ1n) is 25.9. The summed E-state index contributed by atoms with van der Waals surface area (Å²) in [7, 11) is 0. The Hall–Kier alpha value is -9.70. The lowest BCUT2D eigenvalue weighted by molar-refractivity contribution is 0.436. The molecular weight excluding hydrogens is 911 g/mol. The SMILES string of the molecule is c1ccc(-c2ccc(-c3ccccc3N(c3ccc4c(c3)-c3ccccc3C43c4ccccc4Oc4cc5ccccc5cc43)c3cccc4c3-c3ccccc3C43c4ccccc4Oc4ccccc43)cc2)cc1. The van der Waals surface area contributed by atoms with Gasteiger partial charge in [0, 0.05) is 39.1 Å². The Bertz CT molecular complexity index is 4280. The molecule has 350 valence electrons. The third-order valence-corrected chi connectivity index (χ3v) is 16.6. The molecule has 2 aliphatic heterocycles. The van der Waals surface area contributed by atoms with E-state index in [0.717, 1.165) is 78.8 Å². The number of benzene rings is 12. The minimum absolute atomic E-state index is 0.634. The quantitative estimate of drug-likeness (QED) is 0.172. The second-order valence-electron chi connectivity index (χ2n) is 20.2. The van der Waals surface area contributed by atoms with Crippen LogP contribution < -0.4 is 14.4 Å². The third kappa shape index (κ3) is 5.75. The van der Waals surface area contributed by atoms with Crippen LogP contribution in [0.1, 0.15) is 44.5 Å². The van der Waals surface area contributed by atoms with Crippen molar-refractivity contribution < 1.29 is 9.47 Å². The van der Waals surface area contributed by atoms with Crippen molar-refractivity contribution in [3.05, 3.63) is 317 Å². The van der Waals surface area contributed by atoms with Gasteiger partial charge in [0.2, 0.25) is 0 Å². The van der Waals surface area contributed by atoms with E-state index in [9.17, 15) is 0 Å². The van der Waals surface area contributed by atoms with Gasteiger partial charge in [0.15, 0.2) is 0 Å². The highest BCUT2D eigenvalue weighted by Crippen LogP contribution is 2.66. The molecule has 12 aromatic rings. The molecule has 0 bridgehead atoms. The second kappa shape index (κ2) is 15.9. The van der Waals surface area contributed by atoms with E-state index in [1.165, 1.54) is 61.0 Å². The van der Waals surface area contributed by atoms with Gasteiger partial charge in [-0.3, -0.25) is 0 Å². The fraction of sp³-hybridized carbons (Fsp3) is 0.0278. The number of hydrogen-bond donors (Lipinski definition) is 0. The van der Waals surface area contributed by atoms with Crippen LogP contribution >= 0.6 is 0 Å². The Morgan fingerprint density at radius 2 is 0.720 bits per heavy atom. The predicted molar refractivity (Wildman–Crippen MR) is 304 cm³/mol. The maximum atomic E-state index is 6.91. The van der Waals surface area contributed by atoms with Crippen LogP contribution in [0.4, 0.5) is 17.1 Å². The summed E-state index contributed by atoms with van der Waals surface area (Å²) in [6.07, 6.45) is 0. The molecule has 3 heteroatoms. The van der Waals surface area contributed by atoms with Gasteiger partial charge in [-0.2, -0.15) is 0 Å². The predicted octanol–water partition coefficient (Wildman–Crippen LogP) is 18.6. The average molecular weight is 956 g/mol. The largest absolute Gasteiger partial charge is 0.457 e. The first kappa shape index (κ1) is 41.9. The van der Waals surface area contributed by atoms with E-state index in [1.807, 2.05) is 0 Å². The number of fused-ring (bicyclic) bond motifs is 19. The first-order valence-corrected chi connectivity index (χ1v) is 25.9. The highest BCUT2D eigenvalue weighted by Gasteiger charge is 2.53. The highest BCUT2D eigenvalue weighted by atomic mass is 16.5. The fourth-order valence-electron chi connectivity index (χ4n) is 13.6. The number of nitrogens with zero attached hydrogens (tertiary/aromatic N) is 1. The molecule has 2 aliphatic carbocycles. The molecule has 2 heterocycles. The van der Waals surface area contributed by atoms with Crippen LogP contribution in [0.25, 0.3) is 55.3 Å². The smallest absolute Gasteiger partial charge is 0.132 e. The molecule has 75 heavy (non-hydrogen) atoms. The molecule has 0 radical (unpaired) electrons. The summed E-state index contributed by atoms with van der Waals surface area (Å²) in [4.78, 5) is 2.54. The van der Waals surface area contributed by atoms with Crippen molar-refractivity contribution in [3.63, 3.8) is 0 Å². The molecule has 2 spiro atoms. The Morgan fingerprint density at radius 1 is 0.253 bits per heavy atom. The lowest BCUT2D eigenvalue weighted by atomic mass is 9.66. The van der Waals surface area contributed by atoms with Crippen LogP contribution in [0.5, 0.6) is 23.0 Å². The van der Waals surface area contributed by atoms with E-state index >= 15 is 0 Å². The maximum absolute atomic E-state index is 6.91. The van der Waals surface area contributed by atoms with Crippen LogP contribution in [0.3, 0.4) is 0 Å². The molecule has 0 aromatic heterocycles. The van der Waals surface area contributed by atoms with Crippen LogP contribution in [0.2, 0.25) is 0 Å². The van der Waals surface area contributed by atoms with Crippen molar-refractivity contribution in [2.45, 2.75) is 10.8 Å². The van der Waals surface area contributed by atoms with Crippen molar-refractivity contribution in [3.8, 4) is 67.5 Å². The molecule has 1 unspecified atom stereocenters. The monoisotopic (exact) mass is 955 g/mol. The van der Waals surface area contributed by atoms with E-state index in [2.05, 4.69) is 278 Å². The number of rotatable bonds is 5. The first-order chi connectivity index (χ1) is 37.2. The maximum Gasteiger partial charge on any atom is 0.132 e. The summed E-state index contributed by atoms with van der Waals surface area (Å²) in [5, 5.41) is 2.34. The van der Waals surface area contributed by atoms with Crippen molar-refractivity contribution in [1.82, 2.24) is 0 Å². The summed E-state index contributed by atoms with van der Waals surface area (Å²) < 4.78 is 13.7. The molecule has 0 fully saturated rings. The van der Waals surface area contributed by atoms with Crippen LogP contribution in [0.15, 0.2) is 273 Å².